The lowest BCUT2D eigenvalue weighted by Gasteiger charge is -2.39. The summed E-state index contributed by atoms with van der Waals surface area (Å²) in [7, 11) is 0. The number of hydrogen-bond acceptors (Lipinski definition) is 3. The van der Waals surface area contributed by atoms with Crippen molar-refractivity contribution < 1.29 is 5.11 Å². The van der Waals surface area contributed by atoms with Crippen LogP contribution in [0, 0.1) is 11.8 Å². The van der Waals surface area contributed by atoms with Crippen molar-refractivity contribution >= 4 is 0 Å². The third kappa shape index (κ3) is 6.25. The van der Waals surface area contributed by atoms with Crippen molar-refractivity contribution in [1.29, 1.82) is 0 Å². The zero-order chi connectivity index (χ0) is 14.9. The average Bonchev–Trinajstić information content (AvgIpc) is 2.52. The summed E-state index contributed by atoms with van der Waals surface area (Å²) in [4.78, 5) is 2.47. The molecule has 1 saturated carbocycles. The Morgan fingerprint density at radius 2 is 1.90 bits per heavy atom. The van der Waals surface area contributed by atoms with Gasteiger partial charge in [0, 0.05) is 25.7 Å². The molecule has 0 bridgehead atoms. The van der Waals surface area contributed by atoms with E-state index in [1.165, 1.54) is 70.9 Å². The second kappa shape index (κ2) is 9.81. The monoisotopic (exact) mass is 296 g/mol. The molecule has 0 amide bonds. The van der Waals surface area contributed by atoms with E-state index in [1.54, 1.807) is 0 Å². The Labute approximate surface area is 131 Å². The van der Waals surface area contributed by atoms with E-state index < -0.39 is 0 Å². The fraction of sp³-hybridized carbons (Fsp3) is 1.00. The van der Waals surface area contributed by atoms with Gasteiger partial charge in [-0.2, -0.15) is 0 Å². The largest absolute Gasteiger partial charge is 0.395 e. The quantitative estimate of drug-likeness (QED) is 0.723. The van der Waals surface area contributed by atoms with Gasteiger partial charge in [-0.3, -0.25) is 4.90 Å². The first-order valence-corrected chi connectivity index (χ1v) is 9.38. The van der Waals surface area contributed by atoms with Gasteiger partial charge >= 0.3 is 0 Å². The normalized spacial score (nSPS) is 28.9. The van der Waals surface area contributed by atoms with E-state index in [4.69, 9.17) is 0 Å². The van der Waals surface area contributed by atoms with Crippen LogP contribution in [0.4, 0.5) is 0 Å². The lowest BCUT2D eigenvalue weighted by Crippen LogP contribution is -2.50. The van der Waals surface area contributed by atoms with Gasteiger partial charge < -0.3 is 10.4 Å². The third-order valence-electron chi connectivity index (χ3n) is 5.41. The van der Waals surface area contributed by atoms with Gasteiger partial charge in [0.1, 0.15) is 0 Å². The summed E-state index contributed by atoms with van der Waals surface area (Å²) in [5.74, 6) is 1.75. The van der Waals surface area contributed by atoms with Crippen LogP contribution in [0.5, 0.6) is 0 Å². The van der Waals surface area contributed by atoms with Gasteiger partial charge in [0.25, 0.3) is 0 Å². The summed E-state index contributed by atoms with van der Waals surface area (Å²) in [6, 6.07) is 0.647. The molecule has 1 aliphatic heterocycles. The molecule has 2 unspecified atom stereocenters. The molecule has 0 spiro atoms. The summed E-state index contributed by atoms with van der Waals surface area (Å²) in [5.41, 5.74) is 0. The average molecular weight is 296 g/mol. The molecular weight excluding hydrogens is 260 g/mol. The maximum atomic E-state index is 9.24. The first kappa shape index (κ1) is 17.2. The molecule has 0 aromatic rings. The number of unbranched alkanes of at least 4 members (excludes halogenated alkanes) is 1. The van der Waals surface area contributed by atoms with Crippen molar-refractivity contribution in [3.63, 3.8) is 0 Å². The molecule has 1 saturated heterocycles. The molecule has 21 heavy (non-hydrogen) atoms. The standard InChI is InChI=1S/C18H36N2O/c1-2-3-7-17-12-18(15-20(14-17)10-11-21)19-13-16-8-5-4-6-9-16/h16-19,21H,2-15H2,1H3. The predicted octanol–water partition coefficient (Wildman–Crippen LogP) is 3.03. The molecule has 2 aliphatic rings. The molecule has 0 aromatic carbocycles. The van der Waals surface area contributed by atoms with Crippen LogP contribution < -0.4 is 5.32 Å². The highest BCUT2D eigenvalue weighted by atomic mass is 16.3. The van der Waals surface area contributed by atoms with E-state index in [1.807, 2.05) is 0 Å². The molecular formula is C18H36N2O. The Bertz CT molecular complexity index is 266. The van der Waals surface area contributed by atoms with Crippen molar-refractivity contribution in [2.45, 2.75) is 70.8 Å². The molecule has 2 N–H and O–H groups in total. The van der Waals surface area contributed by atoms with Crippen LogP contribution >= 0.6 is 0 Å². The number of β-amino-alcohol motifs (C(OH)–C–C–N with tert-alkyl or cyclic N) is 1. The zero-order valence-corrected chi connectivity index (χ0v) is 14.0. The predicted molar refractivity (Wildman–Crippen MR) is 89.5 cm³/mol. The van der Waals surface area contributed by atoms with Gasteiger partial charge in [-0.1, -0.05) is 39.0 Å². The highest BCUT2D eigenvalue weighted by molar-refractivity contribution is 4.84. The minimum absolute atomic E-state index is 0.301. The Kier molecular flexibility index (Phi) is 8.05. The van der Waals surface area contributed by atoms with Crippen LogP contribution in [0.3, 0.4) is 0 Å². The number of hydrogen-bond donors (Lipinski definition) is 2. The van der Waals surface area contributed by atoms with Crippen molar-refractivity contribution in [3.8, 4) is 0 Å². The molecule has 0 aromatic heterocycles. The number of likely N-dealkylation sites (tertiary alicyclic amines) is 1. The second-order valence-electron chi connectivity index (χ2n) is 7.34. The SMILES string of the molecule is CCCCC1CC(NCC2CCCCC2)CN(CCO)C1. The highest BCUT2D eigenvalue weighted by Crippen LogP contribution is 2.25. The maximum Gasteiger partial charge on any atom is 0.0558 e. The second-order valence-corrected chi connectivity index (χ2v) is 7.34. The Balaban J connectivity index is 1.75. The van der Waals surface area contributed by atoms with E-state index >= 15 is 0 Å². The van der Waals surface area contributed by atoms with Crippen molar-refractivity contribution in [2.24, 2.45) is 11.8 Å². The molecule has 2 rings (SSSR count). The van der Waals surface area contributed by atoms with E-state index in [0.717, 1.165) is 24.9 Å². The fourth-order valence-corrected chi connectivity index (χ4v) is 4.20. The smallest absolute Gasteiger partial charge is 0.0558 e. The van der Waals surface area contributed by atoms with E-state index in [9.17, 15) is 5.11 Å². The van der Waals surface area contributed by atoms with Crippen LogP contribution in [0.15, 0.2) is 0 Å². The molecule has 124 valence electrons. The molecule has 2 fully saturated rings. The number of piperidine rings is 1. The fourth-order valence-electron chi connectivity index (χ4n) is 4.20. The summed E-state index contributed by atoms with van der Waals surface area (Å²) in [5, 5.41) is 13.1. The first-order chi connectivity index (χ1) is 10.3. The number of aliphatic hydroxyl groups excluding tert-OH is 1. The van der Waals surface area contributed by atoms with Gasteiger partial charge in [-0.05, 0) is 44.1 Å². The van der Waals surface area contributed by atoms with Gasteiger partial charge in [-0.25, -0.2) is 0 Å². The van der Waals surface area contributed by atoms with E-state index in [-0.39, 0.29) is 0 Å². The van der Waals surface area contributed by atoms with Crippen LogP contribution in [-0.4, -0.2) is 48.8 Å². The molecule has 2 atom stereocenters. The van der Waals surface area contributed by atoms with Crippen molar-refractivity contribution in [1.82, 2.24) is 10.2 Å². The molecule has 1 heterocycles. The van der Waals surface area contributed by atoms with Gasteiger partial charge in [0.2, 0.25) is 0 Å². The Morgan fingerprint density at radius 3 is 2.62 bits per heavy atom. The topological polar surface area (TPSA) is 35.5 Å². The lowest BCUT2D eigenvalue weighted by atomic mass is 9.87. The van der Waals surface area contributed by atoms with E-state index in [0.29, 0.717) is 12.6 Å². The number of nitrogens with zero attached hydrogens (tertiary/aromatic N) is 1. The number of aliphatic hydroxyl groups is 1. The van der Waals surface area contributed by atoms with E-state index in [2.05, 4.69) is 17.1 Å². The summed E-state index contributed by atoms with van der Waals surface area (Å²) < 4.78 is 0. The summed E-state index contributed by atoms with van der Waals surface area (Å²) in [6.07, 6.45) is 12.5. The number of nitrogens with one attached hydrogen (secondary N) is 1. The Morgan fingerprint density at radius 1 is 1.10 bits per heavy atom. The van der Waals surface area contributed by atoms with Crippen LogP contribution in [-0.2, 0) is 0 Å². The van der Waals surface area contributed by atoms with Crippen LogP contribution in [0.1, 0.15) is 64.7 Å². The van der Waals surface area contributed by atoms with Gasteiger partial charge in [0.05, 0.1) is 6.61 Å². The molecule has 0 radical (unpaired) electrons. The molecule has 3 nitrogen and oxygen atoms in total. The summed E-state index contributed by atoms with van der Waals surface area (Å²) >= 11 is 0. The molecule has 1 aliphatic carbocycles. The van der Waals surface area contributed by atoms with Crippen LogP contribution in [0.2, 0.25) is 0 Å². The van der Waals surface area contributed by atoms with Crippen molar-refractivity contribution in [3.05, 3.63) is 0 Å². The zero-order valence-electron chi connectivity index (χ0n) is 14.0. The highest BCUT2D eigenvalue weighted by Gasteiger charge is 2.27. The first-order valence-electron chi connectivity index (χ1n) is 9.38. The maximum absolute atomic E-state index is 9.24. The minimum Gasteiger partial charge on any atom is -0.395 e. The van der Waals surface area contributed by atoms with Crippen molar-refractivity contribution in [2.75, 3.05) is 32.8 Å². The lowest BCUT2D eigenvalue weighted by molar-refractivity contribution is 0.109. The third-order valence-corrected chi connectivity index (χ3v) is 5.41. The van der Waals surface area contributed by atoms with Crippen LogP contribution in [0.25, 0.3) is 0 Å². The van der Waals surface area contributed by atoms with Gasteiger partial charge in [0.15, 0.2) is 0 Å². The molecule has 3 heteroatoms. The summed E-state index contributed by atoms with van der Waals surface area (Å²) in [6.45, 7) is 6.99. The van der Waals surface area contributed by atoms with Gasteiger partial charge in [-0.15, -0.1) is 0 Å². The minimum atomic E-state index is 0.301. The number of rotatable bonds is 8. The Hall–Kier alpha value is -0.120.